The van der Waals surface area contributed by atoms with Crippen LogP contribution in [-0.4, -0.2) is 36.5 Å². The van der Waals surface area contributed by atoms with Gasteiger partial charge >= 0.3 is 0 Å². The number of ether oxygens (including phenoxy) is 2. The summed E-state index contributed by atoms with van der Waals surface area (Å²) in [6, 6.07) is 24.2. The number of carbonyl (C=O) groups is 2. The van der Waals surface area contributed by atoms with Gasteiger partial charge in [-0.25, -0.2) is 0 Å². The summed E-state index contributed by atoms with van der Waals surface area (Å²) in [6.45, 7) is 4.31. The molecule has 1 aliphatic heterocycles. The third-order valence-corrected chi connectivity index (χ3v) is 6.74. The fourth-order valence-corrected chi connectivity index (χ4v) is 4.80. The molecule has 0 spiro atoms. The summed E-state index contributed by atoms with van der Waals surface area (Å²) in [5, 5.41) is 2.87. The van der Waals surface area contributed by atoms with Crippen molar-refractivity contribution in [1.82, 2.24) is 4.90 Å². The number of methoxy groups -OCH3 is 1. The molecule has 1 aliphatic rings. The summed E-state index contributed by atoms with van der Waals surface area (Å²) in [5.41, 5.74) is 4.89. The average Bonchev–Trinajstić information content (AvgIpc) is 3.47. The molecule has 0 radical (unpaired) electrons. The molecule has 38 heavy (non-hydrogen) atoms. The molecule has 2 heterocycles. The van der Waals surface area contributed by atoms with Crippen molar-refractivity contribution in [3.05, 3.63) is 113 Å². The van der Waals surface area contributed by atoms with Gasteiger partial charge in [-0.05, 0) is 85.5 Å². The van der Waals surface area contributed by atoms with Crippen molar-refractivity contribution in [2.45, 2.75) is 32.4 Å². The first-order chi connectivity index (χ1) is 18.4. The maximum Gasteiger partial charge on any atom is 0.290 e. The van der Waals surface area contributed by atoms with Gasteiger partial charge in [0.2, 0.25) is 0 Å². The van der Waals surface area contributed by atoms with Crippen LogP contribution in [0.4, 0.5) is 5.69 Å². The van der Waals surface area contributed by atoms with Crippen LogP contribution in [0.2, 0.25) is 0 Å². The Morgan fingerprint density at radius 3 is 2.50 bits per heavy atom. The maximum absolute atomic E-state index is 13.4. The molecule has 0 unspecified atom stereocenters. The number of benzene rings is 3. The highest BCUT2D eigenvalue weighted by Crippen LogP contribution is 2.38. The van der Waals surface area contributed by atoms with E-state index in [0.29, 0.717) is 35.9 Å². The Labute approximate surface area is 222 Å². The molecule has 1 aromatic heterocycles. The van der Waals surface area contributed by atoms with E-state index >= 15 is 0 Å². The predicted octanol–water partition coefficient (Wildman–Crippen LogP) is 5.79. The zero-order valence-corrected chi connectivity index (χ0v) is 21.6. The minimum absolute atomic E-state index is 0.161. The molecular weight excluding hydrogens is 480 g/mol. The third-order valence-electron chi connectivity index (χ3n) is 6.74. The van der Waals surface area contributed by atoms with Gasteiger partial charge in [-0.1, -0.05) is 35.9 Å². The summed E-state index contributed by atoms with van der Waals surface area (Å²) in [7, 11) is 1.59. The number of nitrogens with one attached hydrogen (secondary N) is 1. The van der Waals surface area contributed by atoms with Crippen LogP contribution in [0.3, 0.4) is 0 Å². The molecule has 5 rings (SSSR count). The summed E-state index contributed by atoms with van der Waals surface area (Å²) >= 11 is 0. The number of hydrogen-bond acceptors (Lipinski definition) is 5. The lowest BCUT2D eigenvalue weighted by atomic mass is 9.87. The number of furan rings is 1. The Bertz CT molecular complexity index is 1430. The van der Waals surface area contributed by atoms with Gasteiger partial charge in [0, 0.05) is 12.2 Å². The van der Waals surface area contributed by atoms with E-state index in [4.69, 9.17) is 13.9 Å². The molecule has 2 atom stereocenters. The molecular formula is C31H30N2O5. The number of carbonyl (C=O) groups excluding carboxylic acids is 2. The molecule has 3 aromatic carbocycles. The highest BCUT2D eigenvalue weighted by molar-refractivity contribution is 5.94. The van der Waals surface area contributed by atoms with Crippen LogP contribution in [0.1, 0.15) is 45.8 Å². The quantitative estimate of drug-likeness (QED) is 0.340. The van der Waals surface area contributed by atoms with Crippen LogP contribution >= 0.6 is 0 Å². The zero-order chi connectivity index (χ0) is 26.6. The average molecular weight is 511 g/mol. The van der Waals surface area contributed by atoms with E-state index in [2.05, 4.69) is 11.4 Å². The lowest BCUT2D eigenvalue weighted by Gasteiger charge is -2.37. The van der Waals surface area contributed by atoms with Crippen molar-refractivity contribution < 1.29 is 23.5 Å². The molecule has 0 saturated heterocycles. The molecule has 0 fully saturated rings. The largest absolute Gasteiger partial charge is 0.497 e. The zero-order valence-electron chi connectivity index (χ0n) is 21.6. The summed E-state index contributed by atoms with van der Waals surface area (Å²) in [5.74, 6) is 1.15. The van der Waals surface area contributed by atoms with Gasteiger partial charge < -0.3 is 24.1 Å². The number of aryl methyl sites for hydroxylation is 1. The van der Waals surface area contributed by atoms with E-state index in [1.54, 1.807) is 50.4 Å². The second kappa shape index (κ2) is 10.8. The van der Waals surface area contributed by atoms with Crippen molar-refractivity contribution in [3.63, 3.8) is 0 Å². The minimum Gasteiger partial charge on any atom is -0.497 e. The topological polar surface area (TPSA) is 81.0 Å². The van der Waals surface area contributed by atoms with Crippen LogP contribution < -0.4 is 14.8 Å². The molecule has 4 aromatic rings. The van der Waals surface area contributed by atoms with Crippen LogP contribution in [0, 0.1) is 6.92 Å². The van der Waals surface area contributed by atoms with Crippen LogP contribution in [0.5, 0.6) is 11.5 Å². The summed E-state index contributed by atoms with van der Waals surface area (Å²) < 4.78 is 16.7. The van der Waals surface area contributed by atoms with Crippen LogP contribution in [-0.2, 0) is 11.2 Å². The number of rotatable bonds is 7. The number of fused-ring (bicyclic) bond motifs is 1. The lowest BCUT2D eigenvalue weighted by Crippen LogP contribution is -2.40. The van der Waals surface area contributed by atoms with Crippen molar-refractivity contribution in [3.8, 4) is 11.5 Å². The standard InChI is InChI=1S/C31H30N2O5/c1-20-6-4-7-23(18-20)29-27-19-26(38-21(2)30(34)32-24-10-13-25(36-3)14-11-24)12-9-22(27)15-16-33(29)31(35)28-8-5-17-37-28/h4-14,17-19,21,29H,15-16H2,1-3H3,(H,32,34)/t21-,29+/m0/s1. The second-order valence-corrected chi connectivity index (χ2v) is 9.38. The van der Waals surface area contributed by atoms with E-state index in [0.717, 1.165) is 22.3 Å². The van der Waals surface area contributed by atoms with Crippen molar-refractivity contribution in [2.24, 2.45) is 0 Å². The van der Waals surface area contributed by atoms with Gasteiger partial charge in [-0.15, -0.1) is 0 Å². The second-order valence-electron chi connectivity index (χ2n) is 9.38. The monoisotopic (exact) mass is 510 g/mol. The smallest absolute Gasteiger partial charge is 0.290 e. The van der Waals surface area contributed by atoms with Crippen molar-refractivity contribution in [1.29, 1.82) is 0 Å². The lowest BCUT2D eigenvalue weighted by molar-refractivity contribution is -0.122. The SMILES string of the molecule is COc1ccc(NC(=O)[C@H](C)Oc2ccc3c(c2)[C@@H](c2cccc(C)c2)N(C(=O)c2ccco2)CC3)cc1. The number of nitrogens with zero attached hydrogens (tertiary/aromatic N) is 1. The minimum atomic E-state index is -0.739. The Hall–Kier alpha value is -4.52. The van der Waals surface area contributed by atoms with Gasteiger partial charge in [0.25, 0.3) is 11.8 Å². The molecule has 0 bridgehead atoms. The predicted molar refractivity (Wildman–Crippen MR) is 145 cm³/mol. The molecule has 7 nitrogen and oxygen atoms in total. The number of anilines is 1. The van der Waals surface area contributed by atoms with E-state index in [-0.39, 0.29) is 17.9 Å². The molecule has 194 valence electrons. The van der Waals surface area contributed by atoms with Gasteiger partial charge in [-0.3, -0.25) is 9.59 Å². The Morgan fingerprint density at radius 2 is 1.79 bits per heavy atom. The van der Waals surface area contributed by atoms with Crippen LogP contribution in [0.25, 0.3) is 0 Å². The normalized spacial score (nSPS) is 15.3. The maximum atomic E-state index is 13.4. The first-order valence-electron chi connectivity index (χ1n) is 12.6. The molecule has 7 heteroatoms. The highest BCUT2D eigenvalue weighted by atomic mass is 16.5. The van der Waals surface area contributed by atoms with E-state index in [1.165, 1.54) is 6.26 Å². The number of hydrogen-bond donors (Lipinski definition) is 1. The van der Waals surface area contributed by atoms with Gasteiger partial charge in [-0.2, -0.15) is 0 Å². The number of amides is 2. The fourth-order valence-electron chi connectivity index (χ4n) is 4.80. The van der Waals surface area contributed by atoms with Gasteiger partial charge in [0.15, 0.2) is 11.9 Å². The van der Waals surface area contributed by atoms with Crippen LogP contribution in [0.15, 0.2) is 89.5 Å². The first-order valence-corrected chi connectivity index (χ1v) is 12.6. The van der Waals surface area contributed by atoms with E-state index in [1.807, 2.05) is 48.2 Å². The summed E-state index contributed by atoms with van der Waals surface area (Å²) in [4.78, 5) is 28.1. The molecule has 2 amide bonds. The third kappa shape index (κ3) is 5.27. The summed E-state index contributed by atoms with van der Waals surface area (Å²) in [6.07, 6.45) is 1.48. The van der Waals surface area contributed by atoms with Crippen molar-refractivity contribution >= 4 is 17.5 Å². The molecule has 0 aliphatic carbocycles. The first kappa shape index (κ1) is 25.1. The van der Waals surface area contributed by atoms with Crippen molar-refractivity contribution in [2.75, 3.05) is 19.0 Å². The molecule has 0 saturated carbocycles. The molecule has 1 N–H and O–H groups in total. The Morgan fingerprint density at radius 1 is 1.00 bits per heavy atom. The fraction of sp³-hybridized carbons (Fsp3) is 0.226. The van der Waals surface area contributed by atoms with Gasteiger partial charge in [0.1, 0.15) is 11.5 Å². The highest BCUT2D eigenvalue weighted by Gasteiger charge is 2.34. The van der Waals surface area contributed by atoms with Gasteiger partial charge in [0.05, 0.1) is 19.4 Å². The Balaban J connectivity index is 1.41. The Kier molecular flexibility index (Phi) is 7.18. The van der Waals surface area contributed by atoms with E-state index < -0.39 is 6.10 Å². The van der Waals surface area contributed by atoms with E-state index in [9.17, 15) is 9.59 Å².